The first-order chi connectivity index (χ1) is 8.72. The average molecular weight is 247 g/mol. The first-order valence-corrected chi connectivity index (χ1v) is 6.44. The number of benzene rings is 1. The van der Waals surface area contributed by atoms with Gasteiger partial charge in [0.1, 0.15) is 11.6 Å². The molecule has 0 aliphatic rings. The van der Waals surface area contributed by atoms with Crippen LogP contribution in [0.25, 0.3) is 11.0 Å². The first-order valence-electron chi connectivity index (χ1n) is 6.44. The summed E-state index contributed by atoms with van der Waals surface area (Å²) in [6.45, 7) is 4.18. The summed E-state index contributed by atoms with van der Waals surface area (Å²) in [5.74, 6) is 1.87. The highest BCUT2D eigenvalue weighted by Gasteiger charge is 2.06. The third-order valence-corrected chi connectivity index (χ3v) is 3.05. The summed E-state index contributed by atoms with van der Waals surface area (Å²) in [5.41, 5.74) is 2.03. The van der Waals surface area contributed by atoms with E-state index in [2.05, 4.69) is 28.8 Å². The number of ether oxygens (including phenoxy) is 1. The van der Waals surface area contributed by atoms with E-state index in [-0.39, 0.29) is 0 Å². The molecule has 1 heterocycles. The molecule has 2 rings (SSSR count). The molecule has 0 saturated heterocycles. The van der Waals surface area contributed by atoms with Gasteiger partial charge in [-0.15, -0.1) is 0 Å². The molecule has 0 bridgehead atoms. The van der Waals surface area contributed by atoms with Crippen molar-refractivity contribution in [3.8, 4) is 5.75 Å². The zero-order valence-corrected chi connectivity index (χ0v) is 11.4. The lowest BCUT2D eigenvalue weighted by Crippen LogP contribution is -2.19. The van der Waals surface area contributed by atoms with E-state index in [9.17, 15) is 0 Å². The van der Waals surface area contributed by atoms with Gasteiger partial charge in [-0.05, 0) is 32.1 Å². The number of fused-ring (bicyclic) bond motifs is 1. The Balaban J connectivity index is 2.09. The topological polar surface area (TPSA) is 41.2 Å². The van der Waals surface area contributed by atoms with E-state index >= 15 is 0 Å². The molecular formula is C14H21N3O. The Kier molecular flexibility index (Phi) is 4.20. The molecule has 2 aromatic rings. The van der Waals surface area contributed by atoms with Crippen molar-refractivity contribution in [2.75, 3.05) is 20.7 Å². The second-order valence-corrected chi connectivity index (χ2v) is 4.66. The molecule has 4 nitrogen and oxygen atoms in total. The molecular weight excluding hydrogens is 226 g/mol. The molecule has 0 fully saturated rings. The zero-order valence-electron chi connectivity index (χ0n) is 11.4. The van der Waals surface area contributed by atoms with Gasteiger partial charge in [-0.3, -0.25) is 4.90 Å². The molecule has 0 saturated carbocycles. The number of H-pyrrole nitrogens is 1. The lowest BCUT2D eigenvalue weighted by molar-refractivity contribution is 0.314. The number of aromatic nitrogens is 2. The molecule has 1 aromatic carbocycles. The average Bonchev–Trinajstić information content (AvgIpc) is 2.77. The predicted molar refractivity (Wildman–Crippen MR) is 73.9 cm³/mol. The zero-order chi connectivity index (χ0) is 13.0. The maximum atomic E-state index is 5.21. The Hall–Kier alpha value is -1.55. The van der Waals surface area contributed by atoms with Crippen LogP contribution >= 0.6 is 0 Å². The Morgan fingerprint density at radius 1 is 1.39 bits per heavy atom. The molecule has 4 heteroatoms. The molecule has 0 unspecified atom stereocenters. The Morgan fingerprint density at radius 2 is 2.22 bits per heavy atom. The smallest absolute Gasteiger partial charge is 0.121 e. The highest BCUT2D eigenvalue weighted by Crippen LogP contribution is 2.19. The summed E-state index contributed by atoms with van der Waals surface area (Å²) in [6, 6.07) is 5.91. The maximum Gasteiger partial charge on any atom is 0.121 e. The predicted octanol–water partition coefficient (Wildman–Crippen LogP) is 2.80. The summed E-state index contributed by atoms with van der Waals surface area (Å²) in [4.78, 5) is 10.2. The van der Waals surface area contributed by atoms with Crippen molar-refractivity contribution in [2.24, 2.45) is 0 Å². The highest BCUT2D eigenvalue weighted by molar-refractivity contribution is 5.76. The fourth-order valence-corrected chi connectivity index (χ4v) is 2.01. The van der Waals surface area contributed by atoms with Gasteiger partial charge in [-0.25, -0.2) is 4.98 Å². The highest BCUT2D eigenvalue weighted by atomic mass is 16.5. The minimum atomic E-state index is 0.858. The standard InChI is InChI=1S/C14H21N3O/c1-4-5-8-17(2)10-14-15-12-7-6-11(18-3)9-13(12)16-14/h6-7,9H,4-5,8,10H2,1-3H3,(H,15,16). The number of hydrogen-bond acceptors (Lipinski definition) is 3. The second kappa shape index (κ2) is 5.87. The lowest BCUT2D eigenvalue weighted by atomic mass is 10.3. The molecule has 0 aliphatic carbocycles. The van der Waals surface area contributed by atoms with Crippen LogP contribution in [0.5, 0.6) is 5.75 Å². The number of aromatic amines is 1. The SMILES string of the molecule is CCCCN(C)Cc1nc2ccc(OC)cc2[nH]1. The molecule has 1 aromatic heterocycles. The van der Waals surface area contributed by atoms with Gasteiger partial charge in [0.2, 0.25) is 0 Å². The van der Waals surface area contributed by atoms with Crippen LogP contribution in [0.4, 0.5) is 0 Å². The van der Waals surface area contributed by atoms with Crippen LogP contribution in [0.1, 0.15) is 25.6 Å². The molecule has 18 heavy (non-hydrogen) atoms. The summed E-state index contributed by atoms with van der Waals surface area (Å²) in [6.07, 6.45) is 2.45. The van der Waals surface area contributed by atoms with Crippen LogP contribution in [0.15, 0.2) is 18.2 Å². The van der Waals surface area contributed by atoms with Crippen LogP contribution in [-0.4, -0.2) is 35.6 Å². The van der Waals surface area contributed by atoms with Crippen LogP contribution in [0, 0.1) is 0 Å². The van der Waals surface area contributed by atoms with Gasteiger partial charge in [0.15, 0.2) is 0 Å². The lowest BCUT2D eigenvalue weighted by Gasteiger charge is -2.13. The minimum Gasteiger partial charge on any atom is -0.497 e. The van der Waals surface area contributed by atoms with Crippen LogP contribution in [-0.2, 0) is 6.54 Å². The summed E-state index contributed by atoms with van der Waals surface area (Å²) >= 11 is 0. The molecule has 0 spiro atoms. The monoisotopic (exact) mass is 247 g/mol. The van der Waals surface area contributed by atoms with Crippen molar-refractivity contribution in [1.29, 1.82) is 0 Å². The van der Waals surface area contributed by atoms with Gasteiger partial charge in [0.25, 0.3) is 0 Å². The summed E-state index contributed by atoms with van der Waals surface area (Å²) < 4.78 is 5.21. The second-order valence-electron chi connectivity index (χ2n) is 4.66. The number of rotatable bonds is 6. The van der Waals surface area contributed by atoms with Gasteiger partial charge < -0.3 is 9.72 Å². The van der Waals surface area contributed by atoms with Crippen LogP contribution < -0.4 is 4.74 Å². The fraction of sp³-hybridized carbons (Fsp3) is 0.500. The van der Waals surface area contributed by atoms with Crippen LogP contribution in [0.2, 0.25) is 0 Å². The summed E-state index contributed by atoms with van der Waals surface area (Å²) in [5, 5.41) is 0. The fourth-order valence-electron chi connectivity index (χ4n) is 2.01. The van der Waals surface area contributed by atoms with E-state index < -0.39 is 0 Å². The van der Waals surface area contributed by atoms with E-state index in [1.165, 1.54) is 12.8 Å². The Morgan fingerprint density at radius 3 is 2.94 bits per heavy atom. The molecule has 0 amide bonds. The third kappa shape index (κ3) is 3.01. The number of nitrogens with zero attached hydrogens (tertiary/aromatic N) is 2. The van der Waals surface area contributed by atoms with Crippen molar-refractivity contribution in [3.63, 3.8) is 0 Å². The van der Waals surface area contributed by atoms with E-state index in [1.54, 1.807) is 7.11 Å². The largest absolute Gasteiger partial charge is 0.497 e. The van der Waals surface area contributed by atoms with E-state index in [0.29, 0.717) is 0 Å². The van der Waals surface area contributed by atoms with Crippen LogP contribution in [0.3, 0.4) is 0 Å². The normalized spacial score (nSPS) is 11.3. The molecule has 1 N–H and O–H groups in total. The van der Waals surface area contributed by atoms with Gasteiger partial charge >= 0.3 is 0 Å². The van der Waals surface area contributed by atoms with Gasteiger partial charge in [0, 0.05) is 6.07 Å². The quantitative estimate of drug-likeness (QED) is 0.853. The Bertz CT molecular complexity index is 507. The number of nitrogens with one attached hydrogen (secondary N) is 1. The van der Waals surface area contributed by atoms with E-state index in [0.717, 1.165) is 35.7 Å². The minimum absolute atomic E-state index is 0.858. The van der Waals surface area contributed by atoms with E-state index in [4.69, 9.17) is 4.74 Å². The van der Waals surface area contributed by atoms with E-state index in [1.807, 2.05) is 18.2 Å². The van der Waals surface area contributed by atoms with Gasteiger partial charge in [0.05, 0.1) is 24.7 Å². The van der Waals surface area contributed by atoms with Gasteiger partial charge in [-0.1, -0.05) is 13.3 Å². The van der Waals surface area contributed by atoms with Crippen molar-refractivity contribution in [1.82, 2.24) is 14.9 Å². The number of unbranched alkanes of at least 4 members (excludes halogenated alkanes) is 1. The van der Waals surface area contributed by atoms with Crippen molar-refractivity contribution >= 4 is 11.0 Å². The number of methoxy groups -OCH3 is 1. The molecule has 0 radical (unpaired) electrons. The molecule has 98 valence electrons. The molecule has 0 aliphatic heterocycles. The molecule has 0 atom stereocenters. The first kappa shape index (κ1) is 12.9. The summed E-state index contributed by atoms with van der Waals surface area (Å²) in [7, 11) is 3.81. The van der Waals surface area contributed by atoms with Gasteiger partial charge in [-0.2, -0.15) is 0 Å². The van der Waals surface area contributed by atoms with Crippen molar-refractivity contribution in [3.05, 3.63) is 24.0 Å². The Labute approximate surface area is 108 Å². The van der Waals surface area contributed by atoms with Crippen molar-refractivity contribution in [2.45, 2.75) is 26.3 Å². The number of hydrogen-bond donors (Lipinski definition) is 1. The maximum absolute atomic E-state index is 5.21. The van der Waals surface area contributed by atoms with Crippen molar-refractivity contribution < 1.29 is 4.74 Å². The third-order valence-electron chi connectivity index (χ3n) is 3.05. The number of imidazole rings is 1.